The van der Waals surface area contributed by atoms with Gasteiger partial charge in [-0.1, -0.05) is 20.8 Å². The molecular weight excluding hydrogens is 178 g/mol. The van der Waals surface area contributed by atoms with Crippen molar-refractivity contribution in [1.82, 2.24) is 0 Å². The highest BCUT2D eigenvalue weighted by Crippen LogP contribution is 2.39. The Kier molecular flexibility index (Phi) is 2.91. The zero-order valence-corrected chi connectivity index (χ0v) is 10.6. The van der Waals surface area contributed by atoms with E-state index in [1.54, 1.807) is 0 Å². The van der Waals surface area contributed by atoms with Crippen LogP contribution < -0.4 is 5.73 Å². The standard InChI is InChI=1S/C10H23NOSi/c1-10(2,3)13(4,5)12-9-6-8(11)7-9/h8-9H,6-7,11H2,1-5H3. The lowest BCUT2D eigenvalue weighted by molar-refractivity contribution is 0.0864. The molecule has 0 atom stereocenters. The highest BCUT2D eigenvalue weighted by atomic mass is 28.4. The minimum Gasteiger partial charge on any atom is -0.414 e. The van der Waals surface area contributed by atoms with E-state index in [0.29, 0.717) is 17.2 Å². The molecule has 0 unspecified atom stereocenters. The zero-order chi connectivity index (χ0) is 10.3. The van der Waals surface area contributed by atoms with Gasteiger partial charge in [0, 0.05) is 12.1 Å². The van der Waals surface area contributed by atoms with Crippen molar-refractivity contribution in [3.8, 4) is 0 Å². The van der Waals surface area contributed by atoms with E-state index < -0.39 is 8.32 Å². The molecule has 3 heteroatoms. The Bertz CT molecular complexity index is 180. The molecule has 0 aliphatic heterocycles. The lowest BCUT2D eigenvalue weighted by Gasteiger charge is -2.43. The zero-order valence-electron chi connectivity index (χ0n) is 9.55. The molecule has 2 N–H and O–H groups in total. The van der Waals surface area contributed by atoms with Crippen molar-refractivity contribution < 1.29 is 4.43 Å². The first kappa shape index (κ1) is 11.2. The van der Waals surface area contributed by atoms with Crippen molar-refractivity contribution in [1.29, 1.82) is 0 Å². The lowest BCUT2D eigenvalue weighted by atomic mass is 9.91. The number of hydrogen-bond donors (Lipinski definition) is 1. The second-order valence-electron chi connectivity index (χ2n) is 5.73. The minimum absolute atomic E-state index is 0.326. The largest absolute Gasteiger partial charge is 0.414 e. The Balaban J connectivity index is 2.43. The molecule has 1 aliphatic carbocycles. The summed E-state index contributed by atoms with van der Waals surface area (Å²) in [5.74, 6) is 0. The van der Waals surface area contributed by atoms with E-state index in [9.17, 15) is 0 Å². The number of hydrogen-bond acceptors (Lipinski definition) is 2. The minimum atomic E-state index is -1.52. The number of nitrogens with two attached hydrogens (primary N) is 1. The topological polar surface area (TPSA) is 35.2 Å². The molecule has 1 fully saturated rings. The van der Waals surface area contributed by atoms with Crippen molar-refractivity contribution in [2.75, 3.05) is 0 Å². The van der Waals surface area contributed by atoms with E-state index in [4.69, 9.17) is 10.2 Å². The normalized spacial score (nSPS) is 30.0. The van der Waals surface area contributed by atoms with Crippen molar-refractivity contribution in [2.45, 2.75) is 63.9 Å². The molecule has 0 radical (unpaired) electrons. The van der Waals surface area contributed by atoms with E-state index in [0.717, 1.165) is 12.8 Å². The van der Waals surface area contributed by atoms with E-state index in [1.807, 2.05) is 0 Å². The molecule has 1 rings (SSSR count). The molecule has 0 saturated heterocycles. The maximum absolute atomic E-state index is 6.17. The molecule has 1 aliphatic rings. The van der Waals surface area contributed by atoms with Crippen LogP contribution in [0.1, 0.15) is 33.6 Å². The summed E-state index contributed by atoms with van der Waals surface area (Å²) in [6.07, 6.45) is 2.58. The van der Waals surface area contributed by atoms with Crippen LogP contribution >= 0.6 is 0 Å². The smallest absolute Gasteiger partial charge is 0.192 e. The van der Waals surface area contributed by atoms with E-state index in [-0.39, 0.29) is 0 Å². The summed E-state index contributed by atoms with van der Waals surface area (Å²) < 4.78 is 6.17. The van der Waals surface area contributed by atoms with Crippen molar-refractivity contribution in [2.24, 2.45) is 5.73 Å². The van der Waals surface area contributed by atoms with Crippen molar-refractivity contribution in [3.05, 3.63) is 0 Å². The van der Waals surface area contributed by atoms with Crippen molar-refractivity contribution in [3.63, 3.8) is 0 Å². The summed E-state index contributed by atoms with van der Waals surface area (Å²) in [5.41, 5.74) is 5.73. The van der Waals surface area contributed by atoms with Gasteiger partial charge in [-0.15, -0.1) is 0 Å². The van der Waals surface area contributed by atoms with Gasteiger partial charge in [0.2, 0.25) is 0 Å². The average Bonchev–Trinajstić information content (AvgIpc) is 1.80. The molecule has 0 amide bonds. The first-order valence-corrected chi connectivity index (χ1v) is 8.06. The highest BCUT2D eigenvalue weighted by molar-refractivity contribution is 6.74. The van der Waals surface area contributed by atoms with Crippen LogP contribution in [0.5, 0.6) is 0 Å². The molecule has 1 saturated carbocycles. The summed E-state index contributed by atoms with van der Waals surface area (Å²) in [6, 6.07) is 0.398. The van der Waals surface area contributed by atoms with Crippen LogP contribution in [0.25, 0.3) is 0 Å². The Labute approximate surface area is 83.0 Å². The first-order valence-electron chi connectivity index (χ1n) is 5.16. The first-order chi connectivity index (χ1) is 5.72. The third kappa shape index (κ3) is 2.54. The molecule has 2 nitrogen and oxygen atoms in total. The van der Waals surface area contributed by atoms with E-state index in [2.05, 4.69) is 33.9 Å². The maximum atomic E-state index is 6.17. The fourth-order valence-corrected chi connectivity index (χ4v) is 2.68. The van der Waals surface area contributed by atoms with Crippen LogP contribution in [0.4, 0.5) is 0 Å². The second kappa shape index (κ2) is 3.37. The molecule has 0 bridgehead atoms. The fraction of sp³-hybridized carbons (Fsp3) is 1.00. The van der Waals surface area contributed by atoms with Crippen LogP contribution in [0.3, 0.4) is 0 Å². The molecular formula is C10H23NOSi. The van der Waals surface area contributed by atoms with Crippen LogP contribution in [0.15, 0.2) is 0 Å². The molecule has 78 valence electrons. The van der Waals surface area contributed by atoms with E-state index >= 15 is 0 Å². The second-order valence-corrected chi connectivity index (χ2v) is 10.5. The molecule has 0 spiro atoms. The average molecular weight is 201 g/mol. The summed E-state index contributed by atoms with van der Waals surface area (Å²) in [4.78, 5) is 0. The Morgan fingerprint density at radius 2 is 1.69 bits per heavy atom. The van der Waals surface area contributed by atoms with Gasteiger partial charge < -0.3 is 10.2 Å². The molecule has 13 heavy (non-hydrogen) atoms. The van der Waals surface area contributed by atoms with Gasteiger partial charge in [-0.25, -0.2) is 0 Å². The van der Waals surface area contributed by atoms with Gasteiger partial charge in [0.05, 0.1) is 0 Å². The van der Waals surface area contributed by atoms with Gasteiger partial charge >= 0.3 is 0 Å². The highest BCUT2D eigenvalue weighted by Gasteiger charge is 2.41. The summed E-state index contributed by atoms with van der Waals surface area (Å²) in [5, 5.41) is 0.326. The van der Waals surface area contributed by atoms with Gasteiger partial charge in [0.25, 0.3) is 0 Å². The van der Waals surface area contributed by atoms with Crippen LogP contribution in [-0.4, -0.2) is 20.5 Å². The third-order valence-corrected chi connectivity index (χ3v) is 7.93. The Hall–Kier alpha value is 0.137. The Morgan fingerprint density at radius 3 is 2.00 bits per heavy atom. The molecule has 0 aromatic carbocycles. The van der Waals surface area contributed by atoms with Crippen LogP contribution in [0.2, 0.25) is 18.1 Å². The SMILES string of the molecule is CC(C)(C)[Si](C)(C)OC1CC(N)C1. The van der Waals surface area contributed by atoms with Gasteiger partial charge in [0.1, 0.15) is 0 Å². The van der Waals surface area contributed by atoms with E-state index in [1.165, 1.54) is 0 Å². The molecule has 0 heterocycles. The summed E-state index contributed by atoms with van der Waals surface area (Å²) >= 11 is 0. The Morgan fingerprint density at radius 1 is 1.23 bits per heavy atom. The predicted octanol–water partition coefficient (Wildman–Crippen LogP) is 2.50. The maximum Gasteiger partial charge on any atom is 0.192 e. The fourth-order valence-electron chi connectivity index (χ4n) is 1.30. The third-order valence-electron chi connectivity index (χ3n) is 3.40. The summed E-state index contributed by atoms with van der Waals surface area (Å²) in [7, 11) is -1.52. The van der Waals surface area contributed by atoms with Crippen molar-refractivity contribution >= 4 is 8.32 Å². The number of rotatable bonds is 2. The van der Waals surface area contributed by atoms with Gasteiger partial charge in [0.15, 0.2) is 8.32 Å². The molecule has 0 aromatic heterocycles. The van der Waals surface area contributed by atoms with Gasteiger partial charge in [-0.05, 0) is 31.0 Å². The van der Waals surface area contributed by atoms with Crippen LogP contribution in [0, 0.1) is 0 Å². The summed E-state index contributed by atoms with van der Waals surface area (Å²) in [6.45, 7) is 11.4. The van der Waals surface area contributed by atoms with Gasteiger partial charge in [-0.3, -0.25) is 0 Å². The predicted molar refractivity (Wildman–Crippen MR) is 59.3 cm³/mol. The quantitative estimate of drug-likeness (QED) is 0.697. The molecule has 0 aromatic rings. The van der Waals surface area contributed by atoms with Crippen LogP contribution in [-0.2, 0) is 4.43 Å². The lowest BCUT2D eigenvalue weighted by Crippen LogP contribution is -2.50. The monoisotopic (exact) mass is 201 g/mol. The van der Waals surface area contributed by atoms with Gasteiger partial charge in [-0.2, -0.15) is 0 Å².